The van der Waals surface area contributed by atoms with E-state index in [0.717, 1.165) is 19.3 Å². The largest absolute Gasteiger partial charge is 0.481 e. The first-order chi connectivity index (χ1) is 26.1. The molecule has 0 atom stereocenters. The van der Waals surface area contributed by atoms with E-state index in [9.17, 15) is 14.4 Å². The van der Waals surface area contributed by atoms with Gasteiger partial charge in [0.05, 0.1) is 145 Å². The summed E-state index contributed by atoms with van der Waals surface area (Å²) in [6, 6.07) is 0. The Morgan fingerprint density at radius 3 is 0.755 bits per heavy atom. The van der Waals surface area contributed by atoms with E-state index in [-0.39, 0.29) is 44.6 Å². The fraction of sp³-hybridized carbons (Fsp3) is 0.917. The van der Waals surface area contributed by atoms with Gasteiger partial charge in [0.15, 0.2) is 0 Å². The first-order valence-corrected chi connectivity index (χ1v) is 18.9. The molecule has 17 heteroatoms. The van der Waals surface area contributed by atoms with Crippen molar-refractivity contribution in [1.82, 2.24) is 0 Å². The Morgan fingerprint density at radius 2 is 0.528 bits per heavy atom. The van der Waals surface area contributed by atoms with Crippen LogP contribution in [0.1, 0.15) is 58.3 Å². The second-order valence-corrected chi connectivity index (χ2v) is 11.2. The minimum Gasteiger partial charge on any atom is -0.481 e. The van der Waals surface area contributed by atoms with Gasteiger partial charge in [-0.3, -0.25) is 14.4 Å². The minimum absolute atomic E-state index is 0.0566. The predicted molar refractivity (Wildman–Crippen MR) is 191 cm³/mol. The number of carbonyl (C=O) groups excluding carboxylic acids is 2. The van der Waals surface area contributed by atoms with E-state index < -0.39 is 5.97 Å². The van der Waals surface area contributed by atoms with Crippen molar-refractivity contribution >= 4 is 17.9 Å². The Morgan fingerprint density at radius 1 is 0.321 bits per heavy atom. The molecule has 0 aliphatic rings. The van der Waals surface area contributed by atoms with E-state index in [2.05, 4.69) is 6.92 Å². The first-order valence-electron chi connectivity index (χ1n) is 18.9. The maximum Gasteiger partial charge on any atom is 0.305 e. The number of carbonyl (C=O) groups is 3. The number of esters is 2. The van der Waals surface area contributed by atoms with Gasteiger partial charge in [0.1, 0.15) is 13.2 Å². The van der Waals surface area contributed by atoms with Crippen LogP contribution in [0.2, 0.25) is 0 Å². The van der Waals surface area contributed by atoms with Gasteiger partial charge < -0.3 is 66.7 Å². The average Bonchev–Trinajstić information content (AvgIpc) is 3.14. The third kappa shape index (κ3) is 46.1. The maximum absolute atomic E-state index is 11.5. The Kier molecular flexibility index (Phi) is 42.7. The number of rotatable bonds is 45. The molecule has 314 valence electrons. The summed E-state index contributed by atoms with van der Waals surface area (Å²) in [5.41, 5.74) is 0. The van der Waals surface area contributed by atoms with Gasteiger partial charge in [0.2, 0.25) is 0 Å². The zero-order valence-electron chi connectivity index (χ0n) is 32.1. The molecule has 0 aromatic carbocycles. The summed E-state index contributed by atoms with van der Waals surface area (Å²) in [4.78, 5) is 33.4. The van der Waals surface area contributed by atoms with Crippen LogP contribution < -0.4 is 0 Å². The molecule has 0 bridgehead atoms. The molecule has 0 saturated carbocycles. The van der Waals surface area contributed by atoms with E-state index in [4.69, 9.17) is 66.7 Å². The summed E-state index contributed by atoms with van der Waals surface area (Å²) >= 11 is 0. The highest BCUT2D eigenvalue weighted by Crippen LogP contribution is 2.02. The van der Waals surface area contributed by atoms with Crippen LogP contribution in [0, 0.1) is 0 Å². The van der Waals surface area contributed by atoms with Crippen molar-refractivity contribution in [1.29, 1.82) is 0 Å². The topological polar surface area (TPSA) is 191 Å². The molecule has 0 unspecified atom stereocenters. The normalized spacial score (nSPS) is 11.3. The number of carboxylic acid groups (broad SMARTS) is 1. The standard InChI is InChI=1S/C36H68O17/c1-2-3-4-8-35(39)52-32-30-50-28-26-48-24-22-46-20-18-44-16-14-42-12-10-41-11-13-43-15-17-45-19-21-47-23-25-49-27-29-51-31-33-53-36(40)9-6-5-7-34(37)38/h2-33H2,1H3,(H,37,38). The molecule has 0 aromatic heterocycles. The van der Waals surface area contributed by atoms with E-state index >= 15 is 0 Å². The third-order valence-electron chi connectivity index (χ3n) is 6.71. The first kappa shape index (κ1) is 51.0. The molecular formula is C36H68O17. The lowest BCUT2D eigenvalue weighted by Crippen LogP contribution is -2.16. The van der Waals surface area contributed by atoms with Crippen molar-refractivity contribution in [3.8, 4) is 0 Å². The van der Waals surface area contributed by atoms with E-state index in [0.29, 0.717) is 158 Å². The summed E-state index contributed by atoms with van der Waals surface area (Å²) in [7, 11) is 0. The number of ether oxygens (including phenoxy) is 13. The highest BCUT2D eigenvalue weighted by atomic mass is 16.6. The predicted octanol–water partition coefficient (Wildman–Crippen LogP) is 2.48. The fourth-order valence-corrected chi connectivity index (χ4v) is 3.94. The van der Waals surface area contributed by atoms with Gasteiger partial charge in [-0.15, -0.1) is 0 Å². The zero-order valence-corrected chi connectivity index (χ0v) is 32.1. The lowest BCUT2D eigenvalue weighted by molar-refractivity contribution is -0.146. The van der Waals surface area contributed by atoms with Gasteiger partial charge in [-0.25, -0.2) is 0 Å². The number of unbranched alkanes of at least 4 members (excludes halogenated alkanes) is 3. The lowest BCUT2D eigenvalue weighted by atomic mass is 10.2. The molecular weight excluding hydrogens is 704 g/mol. The number of hydrogen-bond acceptors (Lipinski definition) is 16. The molecule has 0 aliphatic heterocycles. The molecule has 0 amide bonds. The molecule has 17 nitrogen and oxygen atoms in total. The van der Waals surface area contributed by atoms with Gasteiger partial charge in [-0.1, -0.05) is 19.8 Å². The highest BCUT2D eigenvalue weighted by Gasteiger charge is 2.05. The second-order valence-electron chi connectivity index (χ2n) is 11.2. The van der Waals surface area contributed by atoms with Crippen LogP contribution in [0.5, 0.6) is 0 Å². The highest BCUT2D eigenvalue weighted by molar-refractivity contribution is 5.70. The van der Waals surface area contributed by atoms with Crippen LogP contribution in [0.15, 0.2) is 0 Å². The smallest absolute Gasteiger partial charge is 0.305 e. The molecule has 0 rings (SSSR count). The van der Waals surface area contributed by atoms with Crippen LogP contribution in [-0.2, 0) is 76.0 Å². The van der Waals surface area contributed by atoms with Gasteiger partial charge >= 0.3 is 17.9 Å². The van der Waals surface area contributed by atoms with Crippen molar-refractivity contribution in [2.24, 2.45) is 0 Å². The van der Waals surface area contributed by atoms with Gasteiger partial charge in [0.25, 0.3) is 0 Å². The third-order valence-corrected chi connectivity index (χ3v) is 6.71. The van der Waals surface area contributed by atoms with Crippen LogP contribution >= 0.6 is 0 Å². The molecule has 53 heavy (non-hydrogen) atoms. The van der Waals surface area contributed by atoms with Crippen molar-refractivity contribution < 1.29 is 81.1 Å². The Bertz CT molecular complexity index is 789. The summed E-state index contributed by atoms with van der Waals surface area (Å²) in [5.74, 6) is -1.38. The summed E-state index contributed by atoms with van der Waals surface area (Å²) in [5, 5.41) is 8.55. The van der Waals surface area contributed by atoms with Gasteiger partial charge in [0, 0.05) is 19.3 Å². The quantitative estimate of drug-likeness (QED) is 0.0701. The van der Waals surface area contributed by atoms with Crippen molar-refractivity contribution in [3.63, 3.8) is 0 Å². The van der Waals surface area contributed by atoms with Crippen LogP contribution in [0.25, 0.3) is 0 Å². The Balaban J connectivity index is 3.12. The summed E-state index contributed by atoms with van der Waals surface area (Å²) < 4.78 is 69.9. The maximum atomic E-state index is 11.5. The summed E-state index contributed by atoms with van der Waals surface area (Å²) in [6.45, 7) is 12.4. The second kappa shape index (κ2) is 44.4. The summed E-state index contributed by atoms with van der Waals surface area (Å²) in [6.07, 6.45) is 4.68. The lowest BCUT2D eigenvalue weighted by Gasteiger charge is -2.09. The monoisotopic (exact) mass is 772 g/mol. The van der Waals surface area contributed by atoms with Crippen LogP contribution in [0.3, 0.4) is 0 Å². The Hall–Kier alpha value is -2.03. The van der Waals surface area contributed by atoms with E-state index in [1.54, 1.807) is 0 Å². The molecule has 0 aromatic rings. The minimum atomic E-state index is -0.866. The fourth-order valence-electron chi connectivity index (χ4n) is 3.94. The molecule has 0 spiro atoms. The van der Waals surface area contributed by atoms with E-state index in [1.807, 2.05) is 0 Å². The average molecular weight is 773 g/mol. The molecule has 0 radical (unpaired) electrons. The number of carboxylic acids is 1. The SMILES string of the molecule is CCCCCC(=O)OCCOCCOCCOCCOCCOCCOCCOCCOCCOCCOCCOCCOC(=O)CCCCC(=O)O. The molecule has 0 fully saturated rings. The Labute approximate surface area is 315 Å². The van der Waals surface area contributed by atoms with Gasteiger partial charge in [-0.05, 0) is 19.3 Å². The van der Waals surface area contributed by atoms with Crippen molar-refractivity contribution in [2.45, 2.75) is 58.3 Å². The number of aliphatic carboxylic acids is 1. The molecule has 0 heterocycles. The number of hydrogen-bond donors (Lipinski definition) is 1. The zero-order chi connectivity index (χ0) is 38.6. The van der Waals surface area contributed by atoms with Crippen LogP contribution in [0.4, 0.5) is 0 Å². The molecule has 0 saturated heterocycles. The molecule has 1 N–H and O–H groups in total. The van der Waals surface area contributed by atoms with Crippen molar-refractivity contribution in [3.05, 3.63) is 0 Å². The van der Waals surface area contributed by atoms with E-state index in [1.165, 1.54) is 0 Å². The van der Waals surface area contributed by atoms with Crippen molar-refractivity contribution in [2.75, 3.05) is 159 Å². The molecule has 0 aliphatic carbocycles. The van der Waals surface area contributed by atoms with Crippen LogP contribution in [-0.4, -0.2) is 182 Å². The van der Waals surface area contributed by atoms with Gasteiger partial charge in [-0.2, -0.15) is 0 Å².